The molecule has 0 aliphatic carbocycles. The number of sulfonamides is 1. The van der Waals surface area contributed by atoms with Gasteiger partial charge >= 0.3 is 7.12 Å². The number of rotatable bonds is 4. The number of anilines is 1. The Balaban J connectivity index is 1.90. The summed E-state index contributed by atoms with van der Waals surface area (Å²) in [5.41, 5.74) is -0.274. The summed E-state index contributed by atoms with van der Waals surface area (Å²) in [6.07, 6.45) is 1.52. The van der Waals surface area contributed by atoms with Gasteiger partial charge < -0.3 is 9.31 Å². The highest BCUT2D eigenvalue weighted by molar-refractivity contribution is 7.92. The maximum Gasteiger partial charge on any atom is 0.496 e. The van der Waals surface area contributed by atoms with Gasteiger partial charge in [0.25, 0.3) is 10.0 Å². The van der Waals surface area contributed by atoms with E-state index >= 15 is 0 Å². The van der Waals surface area contributed by atoms with Gasteiger partial charge in [0, 0.05) is 11.7 Å². The molecule has 0 saturated carbocycles. The molecule has 1 saturated heterocycles. The number of aromatic nitrogens is 1. The van der Waals surface area contributed by atoms with Crippen LogP contribution < -0.4 is 10.2 Å². The molecule has 0 atom stereocenters. The molecule has 2 aromatic rings. The topological polar surface area (TPSA) is 77.5 Å². The van der Waals surface area contributed by atoms with Crippen LogP contribution >= 0.6 is 11.6 Å². The van der Waals surface area contributed by atoms with E-state index in [0.717, 1.165) is 0 Å². The zero-order valence-corrected chi connectivity index (χ0v) is 16.6. The van der Waals surface area contributed by atoms with E-state index in [-0.39, 0.29) is 15.7 Å². The van der Waals surface area contributed by atoms with Crippen LogP contribution in [0.4, 0.5) is 5.69 Å². The number of halogens is 1. The van der Waals surface area contributed by atoms with E-state index in [1.54, 1.807) is 24.3 Å². The Morgan fingerprint density at radius 3 is 2.23 bits per heavy atom. The van der Waals surface area contributed by atoms with E-state index in [1.165, 1.54) is 18.3 Å². The third kappa shape index (κ3) is 3.60. The lowest BCUT2D eigenvalue weighted by molar-refractivity contribution is 0.00578. The second-order valence-electron chi connectivity index (χ2n) is 7.11. The number of hydrogen-bond acceptors (Lipinski definition) is 5. The first-order valence-electron chi connectivity index (χ1n) is 8.11. The van der Waals surface area contributed by atoms with Crippen LogP contribution in [0.3, 0.4) is 0 Å². The quantitative estimate of drug-likeness (QED) is 0.637. The molecule has 0 bridgehead atoms. The zero-order chi connectivity index (χ0) is 19.2. The molecule has 9 heteroatoms. The third-order valence-corrected chi connectivity index (χ3v) is 6.37. The van der Waals surface area contributed by atoms with E-state index in [9.17, 15) is 8.42 Å². The highest BCUT2D eigenvalue weighted by atomic mass is 35.5. The summed E-state index contributed by atoms with van der Waals surface area (Å²) in [6.45, 7) is 7.76. The molecule has 0 radical (unpaired) electrons. The number of hydrogen-bond donors (Lipinski definition) is 1. The third-order valence-electron chi connectivity index (χ3n) is 4.68. The average Bonchev–Trinajstić information content (AvgIpc) is 2.78. The Bertz CT molecular complexity index is 904. The molecule has 3 rings (SSSR count). The fourth-order valence-electron chi connectivity index (χ4n) is 2.45. The molecule has 1 N–H and O–H groups in total. The van der Waals surface area contributed by atoms with Gasteiger partial charge in [0.05, 0.1) is 21.8 Å². The minimum atomic E-state index is -3.78. The monoisotopic (exact) mass is 394 g/mol. The fourth-order valence-corrected chi connectivity index (χ4v) is 3.73. The van der Waals surface area contributed by atoms with Crippen LogP contribution in [0.15, 0.2) is 47.5 Å². The van der Waals surface area contributed by atoms with E-state index in [4.69, 9.17) is 20.9 Å². The minimum Gasteiger partial charge on any atom is -0.399 e. The van der Waals surface area contributed by atoms with Crippen molar-refractivity contribution in [1.29, 1.82) is 0 Å². The zero-order valence-electron chi connectivity index (χ0n) is 15.0. The highest BCUT2D eigenvalue weighted by Gasteiger charge is 2.51. The van der Waals surface area contributed by atoms with Crippen LogP contribution in [-0.2, 0) is 19.3 Å². The summed E-state index contributed by atoms with van der Waals surface area (Å²) in [4.78, 5) is 4.21. The Labute approximate surface area is 159 Å². The van der Waals surface area contributed by atoms with Crippen LogP contribution in [0.25, 0.3) is 0 Å². The first-order chi connectivity index (χ1) is 12.0. The predicted octanol–water partition coefficient (Wildman–Crippen LogP) is 2.84. The molecular weight excluding hydrogens is 375 g/mol. The summed E-state index contributed by atoms with van der Waals surface area (Å²) in [5.74, 6) is 0. The summed E-state index contributed by atoms with van der Waals surface area (Å²) in [7, 11) is -4.44. The lowest BCUT2D eigenvalue weighted by Crippen LogP contribution is -2.41. The summed E-state index contributed by atoms with van der Waals surface area (Å²) in [5, 5.41) is 0.0461. The Kier molecular flexibility index (Phi) is 4.81. The molecule has 1 aliphatic rings. The molecule has 1 aromatic heterocycles. The first kappa shape index (κ1) is 19.2. The molecule has 1 aliphatic heterocycles. The van der Waals surface area contributed by atoms with Crippen LogP contribution in [0.2, 0.25) is 5.15 Å². The number of nitrogens with zero attached hydrogens (tertiary/aromatic N) is 1. The Morgan fingerprint density at radius 1 is 1.08 bits per heavy atom. The standard InChI is InChI=1S/C17H20BClN2O4S/c1-16(2)17(3,4)25-18(24-16)12-10-14(15(19)20-11-12)21-26(22,23)13-8-6-5-7-9-13/h5-11,21H,1-4H3. The maximum atomic E-state index is 12.5. The molecule has 2 heterocycles. The molecule has 26 heavy (non-hydrogen) atoms. The van der Waals surface area contributed by atoms with Crippen molar-refractivity contribution in [2.75, 3.05) is 4.72 Å². The van der Waals surface area contributed by atoms with Gasteiger partial charge in [0.2, 0.25) is 0 Å². The summed E-state index contributed by atoms with van der Waals surface area (Å²) in [6, 6.07) is 9.62. The van der Waals surface area contributed by atoms with Gasteiger partial charge in [-0.25, -0.2) is 13.4 Å². The van der Waals surface area contributed by atoms with Crippen molar-refractivity contribution in [3.63, 3.8) is 0 Å². The van der Waals surface area contributed by atoms with Crippen molar-refractivity contribution in [3.8, 4) is 0 Å². The number of benzene rings is 1. The van der Waals surface area contributed by atoms with Gasteiger partial charge in [-0.2, -0.15) is 0 Å². The van der Waals surface area contributed by atoms with Gasteiger partial charge in [-0.3, -0.25) is 4.72 Å². The van der Waals surface area contributed by atoms with Crippen molar-refractivity contribution in [1.82, 2.24) is 4.98 Å². The van der Waals surface area contributed by atoms with Crippen molar-refractivity contribution in [3.05, 3.63) is 47.7 Å². The van der Waals surface area contributed by atoms with Gasteiger partial charge in [0.1, 0.15) is 0 Å². The molecular formula is C17H20BClN2O4S. The van der Waals surface area contributed by atoms with Gasteiger partial charge in [-0.1, -0.05) is 29.8 Å². The van der Waals surface area contributed by atoms with Crippen molar-refractivity contribution in [2.45, 2.75) is 43.8 Å². The van der Waals surface area contributed by atoms with Gasteiger partial charge in [-0.05, 0) is 45.9 Å². The number of nitrogens with one attached hydrogen (secondary N) is 1. The second kappa shape index (κ2) is 6.53. The maximum absolute atomic E-state index is 12.5. The van der Waals surface area contributed by atoms with Crippen LogP contribution in [0.1, 0.15) is 27.7 Å². The van der Waals surface area contributed by atoms with Crippen molar-refractivity contribution < 1.29 is 17.7 Å². The highest BCUT2D eigenvalue weighted by Crippen LogP contribution is 2.36. The van der Waals surface area contributed by atoms with E-state index < -0.39 is 28.3 Å². The molecule has 6 nitrogen and oxygen atoms in total. The van der Waals surface area contributed by atoms with Crippen LogP contribution in [0.5, 0.6) is 0 Å². The average molecular weight is 395 g/mol. The van der Waals surface area contributed by atoms with Crippen LogP contribution in [-0.4, -0.2) is 31.7 Å². The SMILES string of the molecule is CC1(C)OB(c2cnc(Cl)c(NS(=O)(=O)c3ccccc3)c2)OC1(C)C. The van der Waals surface area contributed by atoms with Crippen molar-refractivity contribution in [2.24, 2.45) is 0 Å². The Hall–Kier alpha value is -1.61. The summed E-state index contributed by atoms with van der Waals surface area (Å²) < 4.78 is 39.5. The molecule has 1 fully saturated rings. The van der Waals surface area contributed by atoms with Crippen LogP contribution in [0, 0.1) is 0 Å². The smallest absolute Gasteiger partial charge is 0.399 e. The molecule has 1 aromatic carbocycles. The Morgan fingerprint density at radius 2 is 1.65 bits per heavy atom. The lowest BCUT2D eigenvalue weighted by Gasteiger charge is -2.32. The van der Waals surface area contributed by atoms with E-state index in [2.05, 4.69) is 9.71 Å². The van der Waals surface area contributed by atoms with Gasteiger partial charge in [0.15, 0.2) is 5.15 Å². The predicted molar refractivity (Wildman–Crippen MR) is 102 cm³/mol. The van der Waals surface area contributed by atoms with E-state index in [1.807, 2.05) is 27.7 Å². The minimum absolute atomic E-state index is 0.0461. The largest absolute Gasteiger partial charge is 0.496 e. The lowest BCUT2D eigenvalue weighted by atomic mass is 9.80. The van der Waals surface area contributed by atoms with E-state index in [0.29, 0.717) is 5.46 Å². The van der Waals surface area contributed by atoms with Crippen molar-refractivity contribution >= 4 is 39.9 Å². The molecule has 0 unspecified atom stereocenters. The molecule has 0 spiro atoms. The fraction of sp³-hybridized carbons (Fsp3) is 0.353. The first-order valence-corrected chi connectivity index (χ1v) is 9.97. The summed E-state index contributed by atoms with van der Waals surface area (Å²) >= 11 is 6.09. The second-order valence-corrected chi connectivity index (χ2v) is 9.15. The number of pyridine rings is 1. The molecule has 138 valence electrons. The van der Waals surface area contributed by atoms with Gasteiger partial charge in [-0.15, -0.1) is 0 Å². The molecule has 0 amide bonds. The normalized spacial score (nSPS) is 18.7.